The van der Waals surface area contributed by atoms with E-state index in [1.807, 2.05) is 0 Å². The van der Waals surface area contributed by atoms with Crippen LogP contribution in [0.5, 0.6) is 0 Å². The fraction of sp³-hybridized carbons (Fsp3) is 0.867. The predicted molar refractivity (Wildman–Crippen MR) is 190 cm³/mol. The van der Waals surface area contributed by atoms with Crippen LogP contribution in [0, 0.1) is 0 Å². The molecule has 0 amide bonds. The minimum Gasteiger partial charge on any atom is -0.227 e. The van der Waals surface area contributed by atoms with Crippen LogP contribution in [-0.4, -0.2) is 76.9 Å². The van der Waals surface area contributed by atoms with Gasteiger partial charge in [0, 0.05) is 9.82 Å². The van der Waals surface area contributed by atoms with Crippen molar-refractivity contribution in [1.29, 1.82) is 0 Å². The van der Waals surface area contributed by atoms with E-state index in [2.05, 4.69) is 33.2 Å². The minimum atomic E-state index is -4.27. The number of sulfone groups is 4. The van der Waals surface area contributed by atoms with Crippen molar-refractivity contribution in [2.24, 2.45) is 10.2 Å². The molecule has 2 unspecified atom stereocenters. The van der Waals surface area contributed by atoms with Crippen LogP contribution in [0.1, 0.15) is 116 Å². The maximum absolute atomic E-state index is 13.6. The molecule has 0 N–H and O–H groups in total. The molecule has 0 aromatic rings. The molecule has 0 saturated heterocycles. The quantitative estimate of drug-likeness (QED) is 0.0352. The molecule has 0 spiro atoms. The van der Waals surface area contributed by atoms with Gasteiger partial charge in [-0.25, -0.2) is 33.7 Å². The van der Waals surface area contributed by atoms with Crippen LogP contribution in [0.2, 0.25) is 0 Å². The molecule has 0 heterocycles. The lowest BCUT2D eigenvalue weighted by molar-refractivity contribution is 0.475. The van der Waals surface area contributed by atoms with Crippen LogP contribution in [0.3, 0.4) is 0 Å². The van der Waals surface area contributed by atoms with Crippen molar-refractivity contribution in [2.75, 3.05) is 24.6 Å². The fourth-order valence-electron chi connectivity index (χ4n) is 6.91. The summed E-state index contributed by atoms with van der Waals surface area (Å²) in [6.07, 6.45) is 12.1. The van der Waals surface area contributed by atoms with Gasteiger partial charge in [0.1, 0.15) is 0 Å². The molecule has 2 atom stereocenters. The van der Waals surface area contributed by atoms with Gasteiger partial charge in [-0.2, -0.15) is 0 Å². The molecule has 2 fully saturated rings. The first kappa shape index (κ1) is 42.1. The van der Waals surface area contributed by atoms with Gasteiger partial charge in [0.2, 0.25) is 0 Å². The van der Waals surface area contributed by atoms with Crippen molar-refractivity contribution in [3.8, 4) is 0 Å². The summed E-state index contributed by atoms with van der Waals surface area (Å²) >= 11 is 0. The van der Waals surface area contributed by atoms with Gasteiger partial charge in [0.05, 0.1) is 35.1 Å². The molecule has 0 radical (unpaired) electrons. The van der Waals surface area contributed by atoms with Crippen LogP contribution < -0.4 is 0 Å². The van der Waals surface area contributed by atoms with Gasteiger partial charge in [-0.3, -0.25) is 0 Å². The maximum atomic E-state index is 13.6. The average Bonchev–Trinajstić information content (AvgIpc) is 3.07. The Hall–Kier alpha value is -2.10. The summed E-state index contributed by atoms with van der Waals surface area (Å²) in [6.45, 7) is 5.60. The zero-order valence-electron chi connectivity index (χ0n) is 27.9. The summed E-state index contributed by atoms with van der Waals surface area (Å²) < 4.78 is 104. The lowest BCUT2D eigenvalue weighted by atomic mass is 10.0. The third-order valence-corrected chi connectivity index (χ3v) is 22.4. The Morgan fingerprint density at radius 3 is 1.10 bits per heavy atom. The van der Waals surface area contributed by atoms with E-state index in [9.17, 15) is 33.7 Å². The number of unbranched alkanes of at least 4 members (excludes halogenated alkanes) is 7. The van der Waals surface area contributed by atoms with Crippen molar-refractivity contribution in [2.45, 2.75) is 134 Å². The average molecular weight is 753 g/mol. The van der Waals surface area contributed by atoms with Gasteiger partial charge in [-0.15, -0.1) is 13.2 Å². The number of hydrogen-bond acceptors (Lipinski definition) is 10. The molecule has 0 aliphatic heterocycles. The Bertz CT molecular complexity index is 1500. The third-order valence-electron chi connectivity index (χ3n) is 9.90. The number of hydrogen-bond donors (Lipinski definition) is 0. The number of azide groups is 2. The first-order valence-electron chi connectivity index (χ1n) is 16.9. The zero-order valence-corrected chi connectivity index (χ0v) is 31.1. The largest absolute Gasteiger partial charge is 0.227 e. The first-order valence-corrected chi connectivity index (χ1v) is 23.3. The van der Waals surface area contributed by atoms with Gasteiger partial charge in [0.15, 0.2) is 47.5 Å². The van der Waals surface area contributed by atoms with Gasteiger partial charge in [0.25, 0.3) is 0 Å². The molecule has 14 nitrogen and oxygen atoms in total. The van der Waals surface area contributed by atoms with E-state index in [4.69, 9.17) is 11.1 Å². The Morgan fingerprint density at radius 2 is 0.833 bits per heavy atom. The lowest BCUT2D eigenvalue weighted by Crippen LogP contribution is -2.52. The van der Waals surface area contributed by atoms with Gasteiger partial charge >= 0.3 is 0 Å². The van der Waals surface area contributed by atoms with Crippen molar-refractivity contribution < 1.29 is 33.7 Å². The molecule has 2 aliphatic carbocycles. The number of nitrogens with zero attached hydrogens (tertiary/aromatic N) is 6. The summed E-state index contributed by atoms with van der Waals surface area (Å²) in [6, 6.07) is 0. The van der Waals surface area contributed by atoms with E-state index >= 15 is 0 Å². The molecule has 18 heteroatoms. The highest BCUT2D eigenvalue weighted by Crippen LogP contribution is 2.39. The van der Waals surface area contributed by atoms with Crippen molar-refractivity contribution in [3.05, 3.63) is 46.2 Å². The topological polar surface area (TPSA) is 234 Å². The van der Waals surface area contributed by atoms with Gasteiger partial charge < -0.3 is 0 Å². The zero-order chi connectivity index (χ0) is 36.0. The van der Waals surface area contributed by atoms with E-state index < -0.39 is 82.6 Å². The highest BCUT2D eigenvalue weighted by Gasteiger charge is 2.55. The summed E-state index contributed by atoms with van der Waals surface area (Å²) in [5, 5.41) is 5.09. The van der Waals surface area contributed by atoms with Crippen molar-refractivity contribution >= 4 is 39.3 Å². The molecule has 0 aromatic heterocycles. The normalized spacial score (nSPS) is 19.6. The maximum Gasteiger partial charge on any atom is 0.196 e. The van der Waals surface area contributed by atoms with Crippen LogP contribution in [-0.2, 0) is 39.3 Å². The second-order valence-corrected chi connectivity index (χ2v) is 23.1. The van der Waals surface area contributed by atoms with E-state index in [-0.39, 0.29) is 12.8 Å². The fourth-order valence-corrected chi connectivity index (χ4v) is 17.9. The van der Waals surface area contributed by atoms with E-state index in [0.29, 0.717) is 77.0 Å². The third kappa shape index (κ3) is 9.36. The van der Waals surface area contributed by atoms with E-state index in [1.165, 1.54) is 0 Å². The summed E-state index contributed by atoms with van der Waals surface area (Å²) in [7, 11) is -17.0. The Balaban J connectivity index is 1.91. The first-order chi connectivity index (χ1) is 22.7. The molecule has 48 heavy (non-hydrogen) atoms. The van der Waals surface area contributed by atoms with Crippen molar-refractivity contribution in [1.82, 2.24) is 0 Å². The highest BCUT2D eigenvalue weighted by atomic mass is 32.3. The summed E-state index contributed by atoms with van der Waals surface area (Å²) in [5.41, 5.74) is 17.8. The highest BCUT2D eigenvalue weighted by molar-refractivity contribution is 8.11. The molecule has 0 aromatic carbocycles. The summed E-state index contributed by atoms with van der Waals surface area (Å²) in [4.78, 5) is 5.26. The molecule has 2 saturated carbocycles. The minimum absolute atomic E-state index is 0.219. The molecular formula is C30H52N6O8S4. The van der Waals surface area contributed by atoms with Crippen LogP contribution >= 0.6 is 0 Å². The lowest BCUT2D eigenvalue weighted by Gasteiger charge is -2.34. The van der Waals surface area contributed by atoms with Crippen LogP contribution in [0.25, 0.3) is 20.9 Å². The van der Waals surface area contributed by atoms with Crippen LogP contribution in [0.4, 0.5) is 0 Å². The van der Waals surface area contributed by atoms with Crippen LogP contribution in [0.15, 0.2) is 35.5 Å². The molecule has 0 bridgehead atoms. The molecule has 2 aliphatic rings. The van der Waals surface area contributed by atoms with Crippen molar-refractivity contribution in [3.63, 3.8) is 0 Å². The Kier molecular flexibility index (Phi) is 16.4. The molecule has 274 valence electrons. The molecular weight excluding hydrogens is 701 g/mol. The second kappa shape index (κ2) is 18.8. The standard InChI is InChI=1S/C30H52N6O8S4/c1-3-29(25-33-35-31,47(41,42)27-19-13-11-14-20-27)45(37,38)23-17-9-7-5-6-8-10-18-24-46(39,40)30(4-2,26-34-36-32)48(43,44)28-21-15-12-16-22-28/h3-4,27-28H,1-2,5-26H2. The van der Waals surface area contributed by atoms with Gasteiger partial charge in [-0.1, -0.05) is 99.4 Å². The number of rotatable bonds is 23. The monoisotopic (exact) mass is 752 g/mol. The summed E-state index contributed by atoms with van der Waals surface area (Å²) in [5.74, 6) is -0.789. The SMILES string of the molecule is C=CC(CN=[N+]=[N-])(S(=O)(=O)CCCCCCCCCCS(=O)(=O)C(C=C)(CN=[N+]=[N-])S(=O)(=O)C1CCCCC1)S(=O)(=O)C1CCCCC1. The van der Waals surface area contributed by atoms with E-state index in [1.54, 1.807) is 0 Å². The smallest absolute Gasteiger partial charge is 0.196 e. The van der Waals surface area contributed by atoms with Gasteiger partial charge in [-0.05, 0) is 49.6 Å². The second-order valence-electron chi connectivity index (χ2n) is 12.9. The molecule has 2 rings (SSSR count). The predicted octanol–water partition coefficient (Wildman–Crippen LogP) is 6.82. The Labute approximate surface area is 287 Å². The van der Waals surface area contributed by atoms with E-state index in [0.717, 1.165) is 37.8 Å². The Morgan fingerprint density at radius 1 is 0.542 bits per heavy atom.